The number of hydrogen-bond donors (Lipinski definition) is 1. The van der Waals surface area contributed by atoms with Gasteiger partial charge in [-0.2, -0.15) is 0 Å². The first-order valence-electron chi connectivity index (χ1n) is 6.05. The molecule has 3 nitrogen and oxygen atoms in total. The lowest BCUT2D eigenvalue weighted by Gasteiger charge is -2.17. The van der Waals surface area contributed by atoms with Crippen LogP contribution < -0.4 is 0 Å². The van der Waals surface area contributed by atoms with Crippen molar-refractivity contribution in [1.29, 1.82) is 0 Å². The molecule has 0 unspecified atom stereocenters. The summed E-state index contributed by atoms with van der Waals surface area (Å²) in [7, 11) is -3.35. The lowest BCUT2D eigenvalue weighted by atomic mass is 10.0. The van der Waals surface area contributed by atoms with Gasteiger partial charge in [0.25, 0.3) is 0 Å². The van der Waals surface area contributed by atoms with Crippen molar-refractivity contribution in [3.63, 3.8) is 0 Å². The van der Waals surface area contributed by atoms with E-state index in [1.807, 2.05) is 0 Å². The molecule has 1 aliphatic rings. The monoisotopic (exact) mass is 254 g/mol. The van der Waals surface area contributed by atoms with Gasteiger partial charge in [0.05, 0.1) is 16.8 Å². The third-order valence-corrected chi connectivity index (χ3v) is 5.21. The van der Waals surface area contributed by atoms with E-state index in [1.165, 1.54) is 0 Å². The first kappa shape index (κ1) is 12.6. The zero-order valence-corrected chi connectivity index (χ0v) is 10.6. The average molecular weight is 254 g/mol. The standard InChI is InChI=1S/C13H18O3S/c14-13(11-6-4-5-7-11)10-17(15,16)12-8-2-1-3-9-12/h1-3,8-9,11,13-14H,4-7,10H2/t13-/m0/s1. The molecule has 0 radical (unpaired) electrons. The van der Waals surface area contributed by atoms with Crippen LogP contribution in [-0.2, 0) is 9.84 Å². The fourth-order valence-corrected chi connectivity index (χ4v) is 3.91. The summed E-state index contributed by atoms with van der Waals surface area (Å²) in [6.07, 6.45) is 3.39. The summed E-state index contributed by atoms with van der Waals surface area (Å²) in [4.78, 5) is 0.303. The van der Waals surface area contributed by atoms with Gasteiger partial charge in [0.2, 0.25) is 0 Å². The molecule has 0 heterocycles. The largest absolute Gasteiger partial charge is 0.392 e. The summed E-state index contributed by atoms with van der Waals surface area (Å²) >= 11 is 0. The smallest absolute Gasteiger partial charge is 0.180 e. The van der Waals surface area contributed by atoms with Crippen molar-refractivity contribution in [3.8, 4) is 0 Å². The average Bonchev–Trinajstić information content (AvgIpc) is 2.83. The van der Waals surface area contributed by atoms with Crippen molar-refractivity contribution in [1.82, 2.24) is 0 Å². The SMILES string of the molecule is O=S(=O)(C[C@H](O)C1CCCC1)c1ccccc1. The molecule has 4 heteroatoms. The van der Waals surface area contributed by atoms with Crippen molar-refractivity contribution >= 4 is 9.84 Å². The van der Waals surface area contributed by atoms with Crippen LogP contribution in [0, 0.1) is 5.92 Å². The second-order valence-electron chi connectivity index (χ2n) is 4.71. The van der Waals surface area contributed by atoms with Crippen LogP contribution >= 0.6 is 0 Å². The summed E-state index contributed by atoms with van der Waals surface area (Å²) < 4.78 is 24.1. The number of sulfone groups is 1. The van der Waals surface area contributed by atoms with E-state index >= 15 is 0 Å². The van der Waals surface area contributed by atoms with Gasteiger partial charge in [-0.1, -0.05) is 31.0 Å². The maximum Gasteiger partial charge on any atom is 0.180 e. The third-order valence-electron chi connectivity index (χ3n) is 3.44. The summed E-state index contributed by atoms with van der Waals surface area (Å²) in [6, 6.07) is 8.35. The van der Waals surface area contributed by atoms with Gasteiger partial charge in [0.1, 0.15) is 0 Å². The normalized spacial score (nSPS) is 19.4. The Kier molecular flexibility index (Phi) is 3.84. The van der Waals surface area contributed by atoms with E-state index in [0.717, 1.165) is 25.7 Å². The Labute approximate surface area is 102 Å². The van der Waals surface area contributed by atoms with E-state index in [0.29, 0.717) is 4.90 Å². The Bertz CT molecular complexity index is 447. The van der Waals surface area contributed by atoms with Crippen LogP contribution in [0.5, 0.6) is 0 Å². The molecule has 0 aliphatic heterocycles. The van der Waals surface area contributed by atoms with Crippen molar-refractivity contribution in [2.24, 2.45) is 5.92 Å². The van der Waals surface area contributed by atoms with Gasteiger partial charge in [0.15, 0.2) is 9.84 Å². The summed E-state index contributed by atoms with van der Waals surface area (Å²) in [6.45, 7) is 0. The molecule has 2 rings (SSSR count). The third kappa shape index (κ3) is 3.07. The fourth-order valence-electron chi connectivity index (χ4n) is 2.43. The highest BCUT2D eigenvalue weighted by Gasteiger charge is 2.28. The van der Waals surface area contributed by atoms with Crippen LogP contribution in [0.25, 0.3) is 0 Å². The number of hydrogen-bond acceptors (Lipinski definition) is 3. The number of rotatable bonds is 4. The van der Waals surface area contributed by atoms with E-state index in [4.69, 9.17) is 0 Å². The van der Waals surface area contributed by atoms with Gasteiger partial charge in [0, 0.05) is 0 Å². The van der Waals surface area contributed by atoms with Crippen LogP contribution in [0.2, 0.25) is 0 Å². The van der Waals surface area contributed by atoms with Gasteiger partial charge in [-0.15, -0.1) is 0 Å². The second kappa shape index (κ2) is 5.19. The van der Waals surface area contributed by atoms with Crippen molar-refractivity contribution < 1.29 is 13.5 Å². The highest BCUT2D eigenvalue weighted by atomic mass is 32.2. The minimum absolute atomic E-state index is 0.151. The van der Waals surface area contributed by atoms with Crippen LogP contribution in [0.15, 0.2) is 35.2 Å². The van der Waals surface area contributed by atoms with Crippen molar-refractivity contribution in [2.45, 2.75) is 36.7 Å². The summed E-state index contributed by atoms with van der Waals surface area (Å²) in [5.74, 6) is 0.00953. The Balaban J connectivity index is 2.07. The first-order chi connectivity index (χ1) is 8.09. The summed E-state index contributed by atoms with van der Waals surface area (Å²) in [5.41, 5.74) is 0. The predicted molar refractivity (Wildman–Crippen MR) is 66.5 cm³/mol. The molecule has 1 aromatic rings. The molecule has 1 saturated carbocycles. The second-order valence-corrected chi connectivity index (χ2v) is 6.74. The molecule has 0 saturated heterocycles. The Morgan fingerprint density at radius 3 is 2.35 bits per heavy atom. The zero-order chi connectivity index (χ0) is 12.3. The molecule has 0 aromatic heterocycles. The van der Waals surface area contributed by atoms with Gasteiger partial charge < -0.3 is 5.11 Å². The molecule has 1 fully saturated rings. The van der Waals surface area contributed by atoms with Crippen molar-refractivity contribution in [3.05, 3.63) is 30.3 Å². The topological polar surface area (TPSA) is 54.4 Å². The van der Waals surface area contributed by atoms with Crippen LogP contribution in [0.1, 0.15) is 25.7 Å². The van der Waals surface area contributed by atoms with E-state index in [9.17, 15) is 13.5 Å². The fraction of sp³-hybridized carbons (Fsp3) is 0.538. The maximum absolute atomic E-state index is 12.0. The zero-order valence-electron chi connectivity index (χ0n) is 9.75. The predicted octanol–water partition coefficient (Wildman–Crippen LogP) is 2.01. The molecule has 17 heavy (non-hydrogen) atoms. The van der Waals surface area contributed by atoms with Gasteiger partial charge >= 0.3 is 0 Å². The van der Waals surface area contributed by atoms with E-state index < -0.39 is 15.9 Å². The van der Waals surface area contributed by atoms with Crippen LogP contribution in [-0.4, -0.2) is 25.4 Å². The van der Waals surface area contributed by atoms with Gasteiger partial charge in [-0.05, 0) is 30.9 Å². The Morgan fingerprint density at radius 2 is 1.76 bits per heavy atom. The lowest BCUT2D eigenvalue weighted by Crippen LogP contribution is -2.27. The number of aliphatic hydroxyl groups is 1. The first-order valence-corrected chi connectivity index (χ1v) is 7.71. The quantitative estimate of drug-likeness (QED) is 0.894. The molecule has 1 atom stereocenters. The Hall–Kier alpha value is -0.870. The molecule has 0 amide bonds. The summed E-state index contributed by atoms with van der Waals surface area (Å²) in [5, 5.41) is 9.97. The van der Waals surface area contributed by atoms with Crippen molar-refractivity contribution in [2.75, 3.05) is 5.75 Å². The maximum atomic E-state index is 12.0. The highest BCUT2D eigenvalue weighted by Crippen LogP contribution is 2.29. The van der Waals surface area contributed by atoms with E-state index in [-0.39, 0.29) is 11.7 Å². The number of aliphatic hydroxyl groups excluding tert-OH is 1. The molecule has 0 bridgehead atoms. The van der Waals surface area contributed by atoms with Crippen LogP contribution in [0.3, 0.4) is 0 Å². The Morgan fingerprint density at radius 1 is 1.18 bits per heavy atom. The van der Waals surface area contributed by atoms with Crippen LogP contribution in [0.4, 0.5) is 0 Å². The highest BCUT2D eigenvalue weighted by molar-refractivity contribution is 7.91. The minimum Gasteiger partial charge on any atom is -0.392 e. The van der Waals surface area contributed by atoms with E-state index in [1.54, 1.807) is 30.3 Å². The minimum atomic E-state index is -3.35. The molecular formula is C13H18O3S. The molecule has 94 valence electrons. The molecule has 1 N–H and O–H groups in total. The molecule has 1 aromatic carbocycles. The molecule has 1 aliphatic carbocycles. The van der Waals surface area contributed by atoms with Gasteiger partial charge in [-0.25, -0.2) is 8.42 Å². The lowest BCUT2D eigenvalue weighted by molar-refractivity contribution is 0.131. The van der Waals surface area contributed by atoms with E-state index in [2.05, 4.69) is 0 Å². The van der Waals surface area contributed by atoms with Gasteiger partial charge in [-0.3, -0.25) is 0 Å². The number of benzene rings is 1. The molecular weight excluding hydrogens is 236 g/mol. The molecule has 0 spiro atoms.